The van der Waals surface area contributed by atoms with Crippen LogP contribution >= 0.6 is 11.8 Å². The Hall–Kier alpha value is -0.270. The Morgan fingerprint density at radius 2 is 2.21 bits per heavy atom. The van der Waals surface area contributed by atoms with E-state index < -0.39 is 21.3 Å². The van der Waals surface area contributed by atoms with Gasteiger partial charge in [-0.2, -0.15) is 11.8 Å². The van der Waals surface area contributed by atoms with E-state index in [1.165, 1.54) is 6.26 Å². The van der Waals surface area contributed by atoms with Crippen LogP contribution in [0.5, 0.6) is 0 Å². The van der Waals surface area contributed by atoms with E-state index in [0.29, 0.717) is 25.1 Å². The fourth-order valence-electron chi connectivity index (χ4n) is 2.50. The molecule has 7 heteroatoms. The zero-order chi connectivity index (χ0) is 14.5. The fourth-order valence-corrected chi connectivity index (χ4v) is 5.17. The van der Waals surface area contributed by atoms with Crippen molar-refractivity contribution in [1.29, 1.82) is 0 Å². The van der Waals surface area contributed by atoms with Crippen molar-refractivity contribution < 1.29 is 18.3 Å². The summed E-state index contributed by atoms with van der Waals surface area (Å²) in [6.07, 6.45) is 4.29. The van der Waals surface area contributed by atoms with Crippen LogP contribution in [0.15, 0.2) is 0 Å². The third kappa shape index (κ3) is 5.31. The number of hydrogen-bond donors (Lipinski definition) is 2. The predicted octanol–water partition coefficient (Wildman–Crippen LogP) is 1.14. The van der Waals surface area contributed by atoms with Gasteiger partial charge in [0.15, 0.2) is 0 Å². The molecule has 0 spiro atoms. The van der Waals surface area contributed by atoms with E-state index in [9.17, 15) is 18.3 Å². The highest BCUT2D eigenvalue weighted by Gasteiger charge is 2.42. The first kappa shape index (κ1) is 16.8. The first-order valence-electron chi connectivity index (χ1n) is 6.57. The van der Waals surface area contributed by atoms with Gasteiger partial charge < -0.3 is 10.4 Å². The van der Waals surface area contributed by atoms with E-state index in [0.717, 1.165) is 12.8 Å². The summed E-state index contributed by atoms with van der Waals surface area (Å²) in [5.41, 5.74) is -0.824. The largest absolute Gasteiger partial charge is 0.480 e. The van der Waals surface area contributed by atoms with E-state index in [2.05, 4.69) is 5.32 Å². The number of thioether (sulfide) groups is 1. The first-order valence-corrected chi connectivity index (χ1v) is 9.68. The van der Waals surface area contributed by atoms with Crippen LogP contribution in [0.4, 0.5) is 0 Å². The van der Waals surface area contributed by atoms with Crippen LogP contribution in [0.25, 0.3) is 0 Å². The van der Waals surface area contributed by atoms with Crippen molar-refractivity contribution in [3.8, 4) is 0 Å². The quantitative estimate of drug-likeness (QED) is 0.734. The number of rotatable bonds is 7. The molecule has 1 aliphatic carbocycles. The van der Waals surface area contributed by atoms with Gasteiger partial charge in [-0.25, -0.2) is 8.42 Å². The third-order valence-electron chi connectivity index (χ3n) is 3.44. The second-order valence-corrected chi connectivity index (χ2v) is 8.80. The Kier molecular flexibility index (Phi) is 6.14. The summed E-state index contributed by atoms with van der Waals surface area (Å²) in [6.45, 7) is 2.54. The molecule has 19 heavy (non-hydrogen) atoms. The number of carboxylic acid groups (broad SMARTS) is 1. The lowest BCUT2D eigenvalue weighted by atomic mass is 9.81. The lowest BCUT2D eigenvalue weighted by Gasteiger charge is -2.38. The molecule has 0 aromatic rings. The average molecular weight is 309 g/mol. The van der Waals surface area contributed by atoms with Crippen molar-refractivity contribution >= 4 is 27.6 Å². The molecule has 0 bridgehead atoms. The molecule has 0 aromatic carbocycles. The van der Waals surface area contributed by atoms with Crippen LogP contribution in [0.3, 0.4) is 0 Å². The number of nitrogens with one attached hydrogen (secondary N) is 1. The van der Waals surface area contributed by atoms with Gasteiger partial charge in [0, 0.05) is 17.3 Å². The van der Waals surface area contributed by atoms with Crippen molar-refractivity contribution in [1.82, 2.24) is 5.32 Å². The van der Waals surface area contributed by atoms with Crippen LogP contribution in [-0.4, -0.2) is 54.6 Å². The summed E-state index contributed by atoms with van der Waals surface area (Å²) in [4.78, 5) is 11.5. The topological polar surface area (TPSA) is 83.5 Å². The Balaban J connectivity index is 2.55. The maximum Gasteiger partial charge on any atom is 0.323 e. The normalized spacial score (nSPS) is 28.2. The van der Waals surface area contributed by atoms with E-state index in [1.54, 1.807) is 11.8 Å². The van der Waals surface area contributed by atoms with Gasteiger partial charge in [-0.1, -0.05) is 6.92 Å². The second-order valence-electron chi connectivity index (χ2n) is 5.14. The Labute approximate surface area is 119 Å². The molecule has 0 aliphatic heterocycles. The minimum atomic E-state index is -2.93. The molecule has 2 N–H and O–H groups in total. The van der Waals surface area contributed by atoms with Crippen molar-refractivity contribution in [2.75, 3.05) is 24.3 Å². The zero-order valence-electron chi connectivity index (χ0n) is 11.5. The number of hydrogen-bond acceptors (Lipinski definition) is 5. The summed E-state index contributed by atoms with van der Waals surface area (Å²) in [6, 6.07) is 0. The van der Waals surface area contributed by atoms with Gasteiger partial charge in [0.2, 0.25) is 0 Å². The monoisotopic (exact) mass is 309 g/mol. The van der Waals surface area contributed by atoms with Gasteiger partial charge in [-0.3, -0.25) is 4.79 Å². The van der Waals surface area contributed by atoms with Crippen LogP contribution in [-0.2, 0) is 14.6 Å². The van der Waals surface area contributed by atoms with E-state index in [1.807, 2.05) is 6.92 Å². The number of likely N-dealkylation sites (N-methyl/N-ethyl adjacent to an activating group) is 1. The molecule has 5 nitrogen and oxygen atoms in total. The van der Waals surface area contributed by atoms with Gasteiger partial charge in [0.25, 0.3) is 0 Å². The lowest BCUT2D eigenvalue weighted by Crippen LogP contribution is -2.55. The summed E-state index contributed by atoms with van der Waals surface area (Å²) in [5.74, 6) is -0.0800. The molecule has 0 saturated heterocycles. The molecule has 0 amide bonds. The summed E-state index contributed by atoms with van der Waals surface area (Å²) >= 11 is 1.59. The molecule has 2 atom stereocenters. The molecular formula is C12H23NO4S2. The average Bonchev–Trinajstić information content (AvgIpc) is 2.28. The standard InChI is InChI=1S/C12H23NO4S2/c1-3-13-12(11(14)15)6-4-5-10(9-12)18-7-8-19(2,16)17/h10,13H,3-9H2,1-2H3,(H,14,15). The zero-order valence-corrected chi connectivity index (χ0v) is 13.1. The number of sulfone groups is 1. The van der Waals surface area contributed by atoms with E-state index in [4.69, 9.17) is 0 Å². The molecule has 1 fully saturated rings. The summed E-state index contributed by atoms with van der Waals surface area (Å²) < 4.78 is 22.2. The lowest BCUT2D eigenvalue weighted by molar-refractivity contribution is -0.146. The van der Waals surface area contributed by atoms with E-state index in [-0.39, 0.29) is 11.0 Å². The van der Waals surface area contributed by atoms with Gasteiger partial charge in [-0.05, 0) is 32.2 Å². The summed E-state index contributed by atoms with van der Waals surface area (Å²) in [5, 5.41) is 12.8. The van der Waals surface area contributed by atoms with Crippen LogP contribution in [0, 0.1) is 0 Å². The number of carbonyl (C=O) groups is 1. The molecule has 2 unspecified atom stereocenters. The summed E-state index contributed by atoms with van der Waals surface area (Å²) in [7, 11) is -2.93. The highest BCUT2D eigenvalue weighted by molar-refractivity contribution is 8.01. The Bertz CT molecular complexity index is 406. The SMILES string of the molecule is CCNC1(C(=O)O)CCCC(SCCS(C)(=O)=O)C1. The molecule has 1 rings (SSSR count). The van der Waals surface area contributed by atoms with Crippen molar-refractivity contribution in [2.24, 2.45) is 0 Å². The van der Waals surface area contributed by atoms with Gasteiger partial charge in [0.05, 0.1) is 5.75 Å². The molecule has 0 radical (unpaired) electrons. The Morgan fingerprint density at radius 1 is 1.53 bits per heavy atom. The van der Waals surface area contributed by atoms with Crippen molar-refractivity contribution in [2.45, 2.75) is 43.4 Å². The first-order chi connectivity index (χ1) is 8.79. The van der Waals surface area contributed by atoms with Crippen molar-refractivity contribution in [3.63, 3.8) is 0 Å². The molecule has 1 saturated carbocycles. The molecule has 1 aliphatic rings. The molecular weight excluding hydrogens is 286 g/mol. The maximum absolute atomic E-state index is 11.5. The van der Waals surface area contributed by atoms with Crippen LogP contribution < -0.4 is 5.32 Å². The maximum atomic E-state index is 11.5. The van der Waals surface area contributed by atoms with Gasteiger partial charge in [0.1, 0.15) is 15.4 Å². The predicted molar refractivity (Wildman–Crippen MR) is 78.5 cm³/mol. The molecule has 112 valence electrons. The highest BCUT2D eigenvalue weighted by Crippen LogP contribution is 2.35. The van der Waals surface area contributed by atoms with E-state index >= 15 is 0 Å². The second kappa shape index (κ2) is 6.95. The van der Waals surface area contributed by atoms with Crippen LogP contribution in [0.1, 0.15) is 32.6 Å². The fraction of sp³-hybridized carbons (Fsp3) is 0.917. The molecule has 0 aromatic heterocycles. The third-order valence-corrected chi connectivity index (χ3v) is 5.96. The number of aliphatic carboxylic acids is 1. The highest BCUT2D eigenvalue weighted by atomic mass is 32.2. The van der Waals surface area contributed by atoms with Crippen LogP contribution in [0.2, 0.25) is 0 Å². The molecule has 0 heterocycles. The van der Waals surface area contributed by atoms with Gasteiger partial charge >= 0.3 is 5.97 Å². The smallest absolute Gasteiger partial charge is 0.323 e. The Morgan fingerprint density at radius 3 is 2.74 bits per heavy atom. The minimum Gasteiger partial charge on any atom is -0.480 e. The van der Waals surface area contributed by atoms with Crippen molar-refractivity contribution in [3.05, 3.63) is 0 Å². The van der Waals surface area contributed by atoms with Gasteiger partial charge in [-0.15, -0.1) is 0 Å². The number of carboxylic acids is 1. The minimum absolute atomic E-state index is 0.162.